The van der Waals surface area contributed by atoms with E-state index < -0.39 is 0 Å². The van der Waals surface area contributed by atoms with Crippen molar-refractivity contribution in [3.63, 3.8) is 0 Å². The maximum absolute atomic E-state index is 14.2. The SMILES string of the molecule is OCC1=C(c2cc(F)c3ccsc3c2)N2CCN=C2S1. The van der Waals surface area contributed by atoms with Gasteiger partial charge in [0.2, 0.25) is 0 Å². The van der Waals surface area contributed by atoms with Gasteiger partial charge in [-0.3, -0.25) is 4.99 Å². The molecule has 0 atom stereocenters. The number of hydrogen-bond acceptors (Lipinski definition) is 5. The topological polar surface area (TPSA) is 35.8 Å². The Morgan fingerprint density at radius 1 is 1.40 bits per heavy atom. The second-order valence-electron chi connectivity index (χ2n) is 4.64. The fraction of sp³-hybridized carbons (Fsp3) is 0.214. The molecule has 102 valence electrons. The van der Waals surface area contributed by atoms with Gasteiger partial charge in [0, 0.05) is 27.1 Å². The molecule has 0 amide bonds. The molecule has 3 heterocycles. The maximum atomic E-state index is 14.2. The molecular formula is C14H11FN2OS2. The van der Waals surface area contributed by atoms with Gasteiger partial charge in [0.05, 0.1) is 18.8 Å². The van der Waals surface area contributed by atoms with Crippen molar-refractivity contribution >= 4 is 44.0 Å². The summed E-state index contributed by atoms with van der Waals surface area (Å²) in [5, 5.41) is 13.0. The van der Waals surface area contributed by atoms with Crippen molar-refractivity contribution in [1.82, 2.24) is 4.90 Å². The molecule has 0 spiro atoms. The van der Waals surface area contributed by atoms with Crippen molar-refractivity contribution in [3.8, 4) is 0 Å². The zero-order valence-electron chi connectivity index (χ0n) is 10.5. The summed E-state index contributed by atoms with van der Waals surface area (Å²) >= 11 is 3.01. The van der Waals surface area contributed by atoms with Crippen molar-refractivity contribution in [2.75, 3.05) is 19.7 Å². The van der Waals surface area contributed by atoms with Crippen LogP contribution in [-0.4, -0.2) is 34.9 Å². The molecule has 0 radical (unpaired) electrons. The Hall–Kier alpha value is -1.37. The summed E-state index contributed by atoms with van der Waals surface area (Å²) in [7, 11) is 0. The summed E-state index contributed by atoms with van der Waals surface area (Å²) in [6.45, 7) is 1.51. The van der Waals surface area contributed by atoms with Crippen LogP contribution in [0.15, 0.2) is 33.5 Å². The largest absolute Gasteiger partial charge is 0.391 e. The number of benzene rings is 1. The first-order valence-electron chi connectivity index (χ1n) is 6.29. The summed E-state index contributed by atoms with van der Waals surface area (Å²) < 4.78 is 15.1. The summed E-state index contributed by atoms with van der Waals surface area (Å²) in [4.78, 5) is 7.33. The standard InChI is InChI=1S/C14H11FN2OS2/c15-10-5-8(6-11-9(10)1-4-19-11)13-12(7-18)20-14-16-2-3-17(13)14/h1,4-6,18H,2-3,7H2. The lowest BCUT2D eigenvalue weighted by Gasteiger charge is -2.17. The van der Waals surface area contributed by atoms with Crippen LogP contribution >= 0.6 is 23.1 Å². The number of aliphatic hydroxyl groups is 1. The van der Waals surface area contributed by atoms with Gasteiger partial charge in [0.1, 0.15) is 5.82 Å². The molecule has 1 N–H and O–H groups in total. The molecule has 2 aromatic rings. The van der Waals surface area contributed by atoms with Crippen LogP contribution in [0.5, 0.6) is 0 Å². The van der Waals surface area contributed by atoms with Crippen LogP contribution in [0.25, 0.3) is 15.8 Å². The van der Waals surface area contributed by atoms with Crippen molar-refractivity contribution in [2.24, 2.45) is 4.99 Å². The quantitative estimate of drug-likeness (QED) is 0.926. The number of nitrogens with zero attached hydrogens (tertiary/aromatic N) is 2. The van der Waals surface area contributed by atoms with Gasteiger partial charge in [-0.1, -0.05) is 11.8 Å². The first-order valence-corrected chi connectivity index (χ1v) is 7.98. The van der Waals surface area contributed by atoms with E-state index in [0.29, 0.717) is 5.39 Å². The van der Waals surface area contributed by atoms with E-state index in [-0.39, 0.29) is 12.4 Å². The van der Waals surface area contributed by atoms with Crippen LogP contribution in [0, 0.1) is 5.82 Å². The Bertz CT molecular complexity index is 766. The minimum absolute atomic E-state index is 0.0420. The number of halogens is 1. The Labute approximate surface area is 123 Å². The fourth-order valence-electron chi connectivity index (χ4n) is 2.62. The lowest BCUT2D eigenvalue weighted by atomic mass is 10.1. The summed E-state index contributed by atoms with van der Waals surface area (Å²) in [5.74, 6) is -0.210. The number of thiophene rings is 1. The first kappa shape index (κ1) is 12.4. The molecule has 3 nitrogen and oxygen atoms in total. The molecule has 2 aliphatic rings. The van der Waals surface area contributed by atoms with Crippen LogP contribution in [0.4, 0.5) is 4.39 Å². The smallest absolute Gasteiger partial charge is 0.168 e. The minimum atomic E-state index is -0.210. The van der Waals surface area contributed by atoms with Crippen molar-refractivity contribution < 1.29 is 9.50 Å². The van der Waals surface area contributed by atoms with Crippen LogP contribution in [0.2, 0.25) is 0 Å². The van der Waals surface area contributed by atoms with Gasteiger partial charge in [0.15, 0.2) is 5.17 Å². The van der Waals surface area contributed by atoms with E-state index in [1.165, 1.54) is 23.1 Å². The Balaban J connectivity index is 1.90. The zero-order chi connectivity index (χ0) is 13.7. The van der Waals surface area contributed by atoms with Crippen LogP contribution in [0.1, 0.15) is 5.56 Å². The lowest BCUT2D eigenvalue weighted by molar-refractivity contribution is 0.339. The van der Waals surface area contributed by atoms with Gasteiger partial charge in [-0.15, -0.1) is 11.3 Å². The summed E-state index contributed by atoms with van der Waals surface area (Å²) in [6.07, 6.45) is 0. The predicted molar refractivity (Wildman–Crippen MR) is 82.4 cm³/mol. The highest BCUT2D eigenvalue weighted by Crippen LogP contribution is 2.42. The first-order chi connectivity index (χ1) is 9.78. The van der Waals surface area contributed by atoms with E-state index in [1.807, 2.05) is 11.4 Å². The molecule has 0 aliphatic carbocycles. The Morgan fingerprint density at radius 3 is 3.15 bits per heavy atom. The fourth-order valence-corrected chi connectivity index (χ4v) is 4.51. The Morgan fingerprint density at radius 2 is 2.30 bits per heavy atom. The highest BCUT2D eigenvalue weighted by Gasteiger charge is 2.32. The predicted octanol–water partition coefficient (Wildman–Crippen LogP) is 3.12. The molecular weight excluding hydrogens is 295 g/mol. The van der Waals surface area contributed by atoms with Gasteiger partial charge in [-0.2, -0.15) is 0 Å². The number of thioether (sulfide) groups is 1. The number of amidine groups is 1. The lowest BCUT2D eigenvalue weighted by Crippen LogP contribution is -2.20. The molecule has 6 heteroatoms. The highest BCUT2D eigenvalue weighted by molar-refractivity contribution is 8.17. The van der Waals surface area contributed by atoms with Crippen LogP contribution in [-0.2, 0) is 0 Å². The molecule has 0 saturated heterocycles. The molecule has 1 aromatic heterocycles. The third-order valence-electron chi connectivity index (χ3n) is 3.49. The number of hydrogen-bond donors (Lipinski definition) is 1. The second kappa shape index (κ2) is 4.58. The third-order valence-corrected chi connectivity index (χ3v) is 5.45. The summed E-state index contributed by atoms with van der Waals surface area (Å²) in [5.41, 5.74) is 1.73. The highest BCUT2D eigenvalue weighted by atomic mass is 32.2. The zero-order valence-corrected chi connectivity index (χ0v) is 12.1. The van der Waals surface area contributed by atoms with E-state index in [1.54, 1.807) is 12.1 Å². The number of aliphatic hydroxyl groups excluding tert-OH is 1. The third kappa shape index (κ3) is 1.72. The second-order valence-corrected chi connectivity index (χ2v) is 6.65. The van der Waals surface area contributed by atoms with E-state index in [9.17, 15) is 9.50 Å². The maximum Gasteiger partial charge on any atom is 0.168 e. The van der Waals surface area contributed by atoms with Gasteiger partial charge in [0.25, 0.3) is 0 Å². The minimum Gasteiger partial charge on any atom is -0.391 e. The number of fused-ring (bicyclic) bond motifs is 2. The van der Waals surface area contributed by atoms with Crippen molar-refractivity contribution in [3.05, 3.63) is 39.9 Å². The molecule has 2 aliphatic heterocycles. The number of rotatable bonds is 2. The van der Waals surface area contributed by atoms with Gasteiger partial charge >= 0.3 is 0 Å². The Kier molecular flexibility index (Phi) is 2.83. The van der Waals surface area contributed by atoms with Gasteiger partial charge < -0.3 is 10.0 Å². The summed E-state index contributed by atoms with van der Waals surface area (Å²) in [6, 6.07) is 5.35. The molecule has 4 rings (SSSR count). The molecule has 0 fully saturated rings. The average Bonchev–Trinajstić information content (AvgIpc) is 3.12. The van der Waals surface area contributed by atoms with Crippen LogP contribution < -0.4 is 0 Å². The molecule has 20 heavy (non-hydrogen) atoms. The normalized spacial score (nSPS) is 18.1. The van der Waals surface area contributed by atoms with Crippen molar-refractivity contribution in [2.45, 2.75) is 0 Å². The van der Waals surface area contributed by atoms with Gasteiger partial charge in [-0.25, -0.2) is 4.39 Å². The van der Waals surface area contributed by atoms with E-state index in [2.05, 4.69) is 9.89 Å². The molecule has 0 unspecified atom stereocenters. The average molecular weight is 306 g/mol. The van der Waals surface area contributed by atoms with Crippen LogP contribution in [0.3, 0.4) is 0 Å². The van der Waals surface area contributed by atoms with E-state index in [4.69, 9.17) is 0 Å². The van der Waals surface area contributed by atoms with Gasteiger partial charge in [-0.05, 0) is 23.6 Å². The van der Waals surface area contributed by atoms with Crippen molar-refractivity contribution in [1.29, 1.82) is 0 Å². The number of aliphatic imine (C=N–C) groups is 1. The monoisotopic (exact) mass is 306 g/mol. The van der Waals surface area contributed by atoms with E-state index >= 15 is 0 Å². The molecule has 0 saturated carbocycles. The molecule has 0 bridgehead atoms. The molecule has 1 aromatic carbocycles. The van der Waals surface area contributed by atoms with E-state index in [0.717, 1.165) is 39.1 Å².